The van der Waals surface area contributed by atoms with Crippen molar-refractivity contribution < 1.29 is 4.79 Å². The predicted molar refractivity (Wildman–Crippen MR) is 107 cm³/mol. The molecule has 3 heterocycles. The number of hydrogen-bond donors (Lipinski definition) is 1. The summed E-state index contributed by atoms with van der Waals surface area (Å²) in [6.07, 6.45) is 7.19. The highest BCUT2D eigenvalue weighted by molar-refractivity contribution is 5.79. The highest BCUT2D eigenvalue weighted by atomic mass is 16.1. The molecule has 0 bridgehead atoms. The molecule has 1 aliphatic rings. The van der Waals surface area contributed by atoms with Crippen molar-refractivity contribution in [2.24, 2.45) is 5.92 Å². The smallest absolute Gasteiger partial charge is 0.225 e. The van der Waals surface area contributed by atoms with Gasteiger partial charge in [-0.1, -0.05) is 6.07 Å². The van der Waals surface area contributed by atoms with E-state index in [4.69, 9.17) is 0 Å². The Morgan fingerprint density at radius 2 is 2.00 bits per heavy atom. The van der Waals surface area contributed by atoms with Crippen LogP contribution in [0, 0.1) is 5.92 Å². The zero-order valence-electron chi connectivity index (χ0n) is 16.1. The summed E-state index contributed by atoms with van der Waals surface area (Å²) in [4.78, 5) is 30.0. The van der Waals surface area contributed by atoms with Crippen LogP contribution in [0.5, 0.6) is 0 Å². The highest BCUT2D eigenvalue weighted by Crippen LogP contribution is 2.20. The molecule has 0 aromatic carbocycles. The van der Waals surface area contributed by atoms with Crippen LogP contribution in [-0.4, -0.2) is 47.0 Å². The molecule has 1 unspecified atom stereocenters. The van der Waals surface area contributed by atoms with E-state index in [1.54, 1.807) is 18.5 Å². The molecule has 7 heteroatoms. The van der Waals surface area contributed by atoms with Gasteiger partial charge >= 0.3 is 0 Å². The molecule has 144 valence electrons. The van der Waals surface area contributed by atoms with Crippen molar-refractivity contribution in [1.82, 2.24) is 20.3 Å². The van der Waals surface area contributed by atoms with E-state index in [9.17, 15) is 4.79 Å². The predicted octanol–water partition coefficient (Wildman–Crippen LogP) is 2.25. The number of hydrogen-bond acceptors (Lipinski definition) is 6. The summed E-state index contributed by atoms with van der Waals surface area (Å²) in [7, 11) is 0. The van der Waals surface area contributed by atoms with Crippen LogP contribution in [-0.2, 0) is 11.3 Å². The minimum Gasteiger partial charge on any atom is -0.357 e. The van der Waals surface area contributed by atoms with Gasteiger partial charge in [-0.15, -0.1) is 0 Å². The summed E-state index contributed by atoms with van der Waals surface area (Å²) in [5.41, 5.74) is 1.01. The van der Waals surface area contributed by atoms with E-state index in [0.29, 0.717) is 19.0 Å². The molecule has 1 amide bonds. The number of rotatable bonds is 7. The van der Waals surface area contributed by atoms with Gasteiger partial charge in [0.25, 0.3) is 0 Å². The molecule has 3 rings (SSSR count). The fourth-order valence-electron chi connectivity index (χ4n) is 3.42. The Morgan fingerprint density at radius 3 is 2.67 bits per heavy atom. The summed E-state index contributed by atoms with van der Waals surface area (Å²) in [6.45, 7) is 8.16. The van der Waals surface area contributed by atoms with Crippen LogP contribution in [0.3, 0.4) is 0 Å². The Balaban J connectivity index is 1.53. The number of nitrogens with zero attached hydrogens (tertiary/aromatic N) is 5. The Bertz CT molecular complexity index is 717. The van der Waals surface area contributed by atoms with E-state index in [-0.39, 0.29) is 11.8 Å². The molecule has 7 nitrogen and oxygen atoms in total. The van der Waals surface area contributed by atoms with Crippen LogP contribution in [0.25, 0.3) is 0 Å². The number of pyridine rings is 1. The molecule has 1 N–H and O–H groups in total. The number of aromatic nitrogens is 3. The van der Waals surface area contributed by atoms with Crippen LogP contribution < -0.4 is 15.1 Å². The largest absolute Gasteiger partial charge is 0.357 e. The highest BCUT2D eigenvalue weighted by Gasteiger charge is 2.26. The lowest BCUT2D eigenvalue weighted by molar-refractivity contribution is -0.125. The van der Waals surface area contributed by atoms with Gasteiger partial charge in [-0.3, -0.25) is 4.79 Å². The first kappa shape index (κ1) is 19.1. The van der Waals surface area contributed by atoms with Crippen LogP contribution >= 0.6 is 0 Å². The summed E-state index contributed by atoms with van der Waals surface area (Å²) in [5, 5.41) is 3.06. The number of anilines is 2. The average molecular weight is 368 g/mol. The topological polar surface area (TPSA) is 74.2 Å². The van der Waals surface area contributed by atoms with Crippen LogP contribution in [0.15, 0.2) is 36.8 Å². The van der Waals surface area contributed by atoms with E-state index in [1.165, 1.54) is 0 Å². The van der Waals surface area contributed by atoms with Crippen LogP contribution in [0.2, 0.25) is 0 Å². The zero-order chi connectivity index (χ0) is 19.1. The Kier molecular flexibility index (Phi) is 6.57. The molecule has 2 aromatic rings. The van der Waals surface area contributed by atoms with Gasteiger partial charge in [0, 0.05) is 51.3 Å². The van der Waals surface area contributed by atoms with Crippen molar-refractivity contribution in [3.05, 3.63) is 42.4 Å². The van der Waals surface area contributed by atoms with Crippen molar-refractivity contribution in [3.63, 3.8) is 0 Å². The van der Waals surface area contributed by atoms with E-state index in [2.05, 4.69) is 43.9 Å². The van der Waals surface area contributed by atoms with Gasteiger partial charge in [0.15, 0.2) is 0 Å². The lowest BCUT2D eigenvalue weighted by atomic mass is 9.97. The molecule has 0 radical (unpaired) electrons. The fraction of sp³-hybridized carbons (Fsp3) is 0.500. The lowest BCUT2D eigenvalue weighted by Gasteiger charge is -2.31. The van der Waals surface area contributed by atoms with E-state index in [0.717, 1.165) is 43.9 Å². The van der Waals surface area contributed by atoms with Crippen molar-refractivity contribution in [2.75, 3.05) is 36.0 Å². The number of piperidine rings is 1. The standard InChI is InChI=1S/C20H28N6O/c1-3-25(4-2)18-9-8-16(13-23-18)14-24-19(27)17-7-5-12-26(15-17)20-21-10-6-11-22-20/h6,8-11,13,17H,3-5,7,12,14-15H2,1-2H3,(H,24,27). The molecular weight excluding hydrogens is 340 g/mol. The first-order valence-corrected chi connectivity index (χ1v) is 9.70. The number of carbonyl (C=O) groups is 1. The van der Waals surface area contributed by atoms with Crippen molar-refractivity contribution in [3.8, 4) is 0 Å². The van der Waals surface area contributed by atoms with Crippen LogP contribution in [0.1, 0.15) is 32.3 Å². The second-order valence-corrected chi connectivity index (χ2v) is 6.75. The minimum absolute atomic E-state index is 0.0366. The first-order valence-electron chi connectivity index (χ1n) is 9.70. The molecule has 1 saturated heterocycles. The van der Waals surface area contributed by atoms with E-state index in [1.807, 2.05) is 18.3 Å². The Labute approximate surface area is 160 Å². The average Bonchev–Trinajstić information content (AvgIpc) is 2.74. The third kappa shape index (κ3) is 4.93. The molecule has 1 atom stereocenters. The summed E-state index contributed by atoms with van der Waals surface area (Å²) in [6, 6.07) is 5.85. The number of carbonyl (C=O) groups excluding carboxylic acids is 1. The molecule has 27 heavy (non-hydrogen) atoms. The van der Waals surface area contributed by atoms with Crippen LogP contribution in [0.4, 0.5) is 11.8 Å². The van der Waals surface area contributed by atoms with Gasteiger partial charge < -0.3 is 15.1 Å². The van der Waals surface area contributed by atoms with Gasteiger partial charge in [-0.25, -0.2) is 15.0 Å². The molecule has 1 aliphatic heterocycles. The summed E-state index contributed by atoms with van der Waals surface area (Å²) >= 11 is 0. The maximum absolute atomic E-state index is 12.6. The quantitative estimate of drug-likeness (QED) is 0.808. The third-order valence-corrected chi connectivity index (χ3v) is 4.99. The molecule has 2 aromatic heterocycles. The van der Waals surface area contributed by atoms with E-state index >= 15 is 0 Å². The maximum Gasteiger partial charge on any atom is 0.225 e. The summed E-state index contributed by atoms with van der Waals surface area (Å²) in [5.74, 6) is 1.72. The monoisotopic (exact) mass is 368 g/mol. The molecule has 0 spiro atoms. The molecular formula is C20H28N6O. The zero-order valence-corrected chi connectivity index (χ0v) is 16.1. The van der Waals surface area contributed by atoms with Gasteiger partial charge in [-0.05, 0) is 44.4 Å². The molecule has 0 aliphatic carbocycles. The van der Waals surface area contributed by atoms with Gasteiger partial charge in [-0.2, -0.15) is 0 Å². The summed E-state index contributed by atoms with van der Waals surface area (Å²) < 4.78 is 0. The lowest BCUT2D eigenvalue weighted by Crippen LogP contribution is -2.43. The Hall–Kier alpha value is -2.70. The minimum atomic E-state index is -0.0366. The fourth-order valence-corrected chi connectivity index (χ4v) is 3.42. The SMILES string of the molecule is CCN(CC)c1ccc(CNC(=O)C2CCCN(c3ncccn3)C2)cn1. The number of amides is 1. The maximum atomic E-state index is 12.6. The van der Waals surface area contributed by atoms with Gasteiger partial charge in [0.1, 0.15) is 5.82 Å². The third-order valence-electron chi connectivity index (χ3n) is 4.99. The second kappa shape index (κ2) is 9.30. The van der Waals surface area contributed by atoms with Crippen molar-refractivity contribution in [1.29, 1.82) is 0 Å². The second-order valence-electron chi connectivity index (χ2n) is 6.75. The molecule has 0 saturated carbocycles. The van der Waals surface area contributed by atoms with Gasteiger partial charge in [0.2, 0.25) is 11.9 Å². The van der Waals surface area contributed by atoms with Crippen molar-refractivity contribution in [2.45, 2.75) is 33.2 Å². The Morgan fingerprint density at radius 1 is 1.22 bits per heavy atom. The van der Waals surface area contributed by atoms with Gasteiger partial charge in [0.05, 0.1) is 5.92 Å². The number of nitrogens with one attached hydrogen (secondary N) is 1. The molecule has 1 fully saturated rings. The van der Waals surface area contributed by atoms with E-state index < -0.39 is 0 Å². The first-order chi connectivity index (χ1) is 13.2. The normalized spacial score (nSPS) is 16.8. The van der Waals surface area contributed by atoms with Crippen molar-refractivity contribution >= 4 is 17.7 Å².